The van der Waals surface area contributed by atoms with E-state index in [2.05, 4.69) is 16.3 Å². The van der Waals surface area contributed by atoms with Crippen molar-refractivity contribution < 1.29 is 4.79 Å². The van der Waals surface area contributed by atoms with Gasteiger partial charge in [-0.3, -0.25) is 4.79 Å². The molecule has 1 amide bonds. The van der Waals surface area contributed by atoms with Gasteiger partial charge in [-0.05, 0) is 56.6 Å². The van der Waals surface area contributed by atoms with Gasteiger partial charge in [0.15, 0.2) is 0 Å². The predicted octanol–water partition coefficient (Wildman–Crippen LogP) is 1.14. The van der Waals surface area contributed by atoms with Gasteiger partial charge in [0.05, 0.1) is 0 Å². The number of primary amides is 1. The van der Waals surface area contributed by atoms with Crippen LogP contribution in [0.25, 0.3) is 0 Å². The average molecular weight is 247 g/mol. The number of hydrogen-bond donors (Lipinski definition) is 2. The van der Waals surface area contributed by atoms with Crippen molar-refractivity contribution in [3.8, 4) is 0 Å². The highest BCUT2D eigenvalue weighted by atomic mass is 16.1. The van der Waals surface area contributed by atoms with Crippen molar-refractivity contribution in [3.63, 3.8) is 0 Å². The molecule has 1 unspecified atom stereocenters. The van der Waals surface area contributed by atoms with Crippen molar-refractivity contribution >= 4 is 11.6 Å². The van der Waals surface area contributed by atoms with Crippen LogP contribution in [0.5, 0.6) is 0 Å². The minimum atomic E-state index is -0.353. The van der Waals surface area contributed by atoms with Gasteiger partial charge in [0.1, 0.15) is 0 Å². The zero-order chi connectivity index (χ0) is 13.1. The van der Waals surface area contributed by atoms with E-state index in [1.165, 1.54) is 12.1 Å². The van der Waals surface area contributed by atoms with Gasteiger partial charge >= 0.3 is 0 Å². The lowest BCUT2D eigenvalue weighted by atomic mass is 10.1. The van der Waals surface area contributed by atoms with E-state index in [9.17, 15) is 4.79 Å². The van der Waals surface area contributed by atoms with Crippen molar-refractivity contribution in [2.45, 2.75) is 13.3 Å². The largest absolute Gasteiger partial charge is 0.371 e. The molecule has 1 aromatic carbocycles. The number of nitrogens with zero attached hydrogens (tertiary/aromatic N) is 1. The van der Waals surface area contributed by atoms with Gasteiger partial charge in [0, 0.05) is 24.3 Å². The van der Waals surface area contributed by atoms with Crippen LogP contribution in [0.15, 0.2) is 18.2 Å². The summed E-state index contributed by atoms with van der Waals surface area (Å²) in [6.45, 7) is 5.16. The quantitative estimate of drug-likeness (QED) is 0.839. The van der Waals surface area contributed by atoms with Crippen molar-refractivity contribution in [1.29, 1.82) is 0 Å². The van der Waals surface area contributed by atoms with Crippen LogP contribution in [0.3, 0.4) is 0 Å². The summed E-state index contributed by atoms with van der Waals surface area (Å²) in [6.07, 6.45) is 1.22. The lowest BCUT2D eigenvalue weighted by molar-refractivity contribution is 0.1000. The predicted molar refractivity (Wildman–Crippen MR) is 73.9 cm³/mol. The third kappa shape index (κ3) is 2.64. The fourth-order valence-electron chi connectivity index (χ4n) is 2.64. The molecule has 1 aromatic rings. The number of aryl methyl sites for hydroxylation is 1. The summed E-state index contributed by atoms with van der Waals surface area (Å²) in [5.41, 5.74) is 8.08. The smallest absolute Gasteiger partial charge is 0.248 e. The number of nitrogens with one attached hydrogen (secondary N) is 1. The van der Waals surface area contributed by atoms with Crippen molar-refractivity contribution in [3.05, 3.63) is 29.3 Å². The lowest BCUT2D eigenvalue weighted by Gasteiger charge is -2.20. The first kappa shape index (κ1) is 12.9. The van der Waals surface area contributed by atoms with Gasteiger partial charge in [-0.2, -0.15) is 0 Å². The van der Waals surface area contributed by atoms with Crippen molar-refractivity contribution in [2.24, 2.45) is 11.7 Å². The molecule has 18 heavy (non-hydrogen) atoms. The Morgan fingerprint density at radius 3 is 2.94 bits per heavy atom. The Bertz CT molecular complexity index is 445. The molecule has 1 saturated heterocycles. The van der Waals surface area contributed by atoms with E-state index in [0.717, 1.165) is 25.2 Å². The summed E-state index contributed by atoms with van der Waals surface area (Å²) in [6, 6.07) is 5.88. The molecule has 0 bridgehead atoms. The molecule has 1 fully saturated rings. The molecule has 0 saturated carbocycles. The van der Waals surface area contributed by atoms with Crippen LogP contribution >= 0.6 is 0 Å². The highest BCUT2D eigenvalue weighted by Crippen LogP contribution is 2.25. The number of benzene rings is 1. The van der Waals surface area contributed by atoms with E-state index in [1.54, 1.807) is 0 Å². The van der Waals surface area contributed by atoms with E-state index in [0.29, 0.717) is 11.5 Å². The minimum absolute atomic E-state index is 0.353. The molecular formula is C14H21N3O. The normalized spacial score (nSPS) is 19.2. The Hall–Kier alpha value is -1.55. The summed E-state index contributed by atoms with van der Waals surface area (Å²) in [7, 11) is 1.99. The Balaban J connectivity index is 2.11. The summed E-state index contributed by atoms with van der Waals surface area (Å²) >= 11 is 0. The zero-order valence-corrected chi connectivity index (χ0v) is 11.1. The number of anilines is 1. The molecular weight excluding hydrogens is 226 g/mol. The highest BCUT2D eigenvalue weighted by molar-refractivity contribution is 5.94. The summed E-state index contributed by atoms with van der Waals surface area (Å²) in [5.74, 6) is 0.361. The Morgan fingerprint density at radius 1 is 1.56 bits per heavy atom. The van der Waals surface area contributed by atoms with Gasteiger partial charge in [0.2, 0.25) is 5.91 Å². The molecule has 4 nitrogen and oxygen atoms in total. The third-order valence-corrected chi connectivity index (χ3v) is 3.62. The monoisotopic (exact) mass is 247 g/mol. The van der Waals surface area contributed by atoms with E-state index in [4.69, 9.17) is 5.73 Å². The van der Waals surface area contributed by atoms with Crippen LogP contribution in [-0.2, 0) is 0 Å². The number of rotatable bonds is 4. The fourth-order valence-corrected chi connectivity index (χ4v) is 2.64. The van der Waals surface area contributed by atoms with Crippen molar-refractivity contribution in [1.82, 2.24) is 5.32 Å². The van der Waals surface area contributed by atoms with Crippen LogP contribution in [0.4, 0.5) is 5.69 Å². The van der Waals surface area contributed by atoms with Crippen LogP contribution in [0.1, 0.15) is 22.3 Å². The number of carbonyl (C=O) groups is 1. The second-order valence-corrected chi connectivity index (χ2v) is 5.02. The first-order valence-corrected chi connectivity index (χ1v) is 6.42. The van der Waals surface area contributed by atoms with Gasteiger partial charge in [0.25, 0.3) is 0 Å². The lowest BCUT2D eigenvalue weighted by Crippen LogP contribution is -2.24. The summed E-state index contributed by atoms with van der Waals surface area (Å²) in [5, 5.41) is 3.23. The third-order valence-electron chi connectivity index (χ3n) is 3.62. The second-order valence-electron chi connectivity index (χ2n) is 5.02. The average Bonchev–Trinajstić information content (AvgIpc) is 2.77. The molecule has 0 radical (unpaired) electrons. The van der Waals surface area contributed by atoms with E-state index in [-0.39, 0.29) is 5.91 Å². The summed E-state index contributed by atoms with van der Waals surface area (Å²) < 4.78 is 0. The molecule has 1 heterocycles. The van der Waals surface area contributed by atoms with Crippen LogP contribution in [0.2, 0.25) is 0 Å². The molecule has 4 heteroatoms. The van der Waals surface area contributed by atoms with E-state index < -0.39 is 0 Å². The minimum Gasteiger partial charge on any atom is -0.371 e. The maximum absolute atomic E-state index is 11.2. The van der Waals surface area contributed by atoms with Crippen LogP contribution in [-0.4, -0.2) is 32.6 Å². The number of nitrogens with two attached hydrogens (primary N) is 1. The van der Waals surface area contributed by atoms with Gasteiger partial charge in [-0.25, -0.2) is 0 Å². The first-order valence-electron chi connectivity index (χ1n) is 6.42. The molecule has 3 N–H and O–H groups in total. The van der Waals surface area contributed by atoms with Crippen molar-refractivity contribution in [2.75, 3.05) is 31.6 Å². The van der Waals surface area contributed by atoms with E-state index in [1.807, 2.05) is 26.1 Å². The maximum Gasteiger partial charge on any atom is 0.248 e. The topological polar surface area (TPSA) is 58.4 Å². The first-order chi connectivity index (χ1) is 8.61. The summed E-state index contributed by atoms with van der Waals surface area (Å²) in [4.78, 5) is 13.6. The van der Waals surface area contributed by atoms with Gasteiger partial charge in [-0.1, -0.05) is 0 Å². The molecule has 2 rings (SSSR count). The number of hydrogen-bond acceptors (Lipinski definition) is 3. The van der Waals surface area contributed by atoms with Gasteiger partial charge < -0.3 is 16.0 Å². The maximum atomic E-state index is 11.2. The number of carbonyl (C=O) groups excluding carboxylic acids is 1. The molecule has 1 atom stereocenters. The molecule has 1 aliphatic heterocycles. The van der Waals surface area contributed by atoms with Gasteiger partial charge in [-0.15, -0.1) is 0 Å². The Morgan fingerprint density at radius 2 is 2.33 bits per heavy atom. The molecule has 0 aromatic heterocycles. The van der Waals surface area contributed by atoms with Crippen LogP contribution < -0.4 is 16.0 Å². The second kappa shape index (κ2) is 5.40. The van der Waals surface area contributed by atoms with Crippen LogP contribution in [0, 0.1) is 12.8 Å². The zero-order valence-electron chi connectivity index (χ0n) is 11.1. The molecule has 0 spiro atoms. The highest BCUT2D eigenvalue weighted by Gasteiger charge is 2.22. The van der Waals surface area contributed by atoms with E-state index >= 15 is 0 Å². The Kier molecular flexibility index (Phi) is 3.87. The Labute approximate surface area is 108 Å². The molecule has 1 aliphatic rings. The molecule has 0 aliphatic carbocycles. The standard InChI is InChI=1S/C14H21N3O/c1-10-7-12(3-4-13(10)14(15)18)17-6-5-11(9-17)8-16-2/h3-4,7,11,16H,5-6,8-9H2,1-2H3,(H2,15,18). The fraction of sp³-hybridized carbons (Fsp3) is 0.500. The molecule has 98 valence electrons. The SMILES string of the molecule is CNCC1CCN(c2ccc(C(N)=O)c(C)c2)C1. The number of amides is 1.